The van der Waals surface area contributed by atoms with E-state index in [0.29, 0.717) is 18.3 Å². The van der Waals surface area contributed by atoms with Gasteiger partial charge in [0.2, 0.25) is 0 Å². The van der Waals surface area contributed by atoms with Gasteiger partial charge in [0.15, 0.2) is 5.83 Å². The second-order valence-corrected chi connectivity index (χ2v) is 6.53. The van der Waals surface area contributed by atoms with E-state index in [1.807, 2.05) is 0 Å². The van der Waals surface area contributed by atoms with Crippen LogP contribution in [0.5, 0.6) is 0 Å². The van der Waals surface area contributed by atoms with E-state index in [4.69, 9.17) is 4.84 Å². The fourth-order valence-electron chi connectivity index (χ4n) is 1.46. The maximum atomic E-state index is 12.7. The van der Waals surface area contributed by atoms with Crippen LogP contribution < -0.4 is 0 Å². The topological polar surface area (TPSA) is 34.0 Å². The van der Waals surface area contributed by atoms with Crippen molar-refractivity contribution in [3.63, 3.8) is 0 Å². The molecule has 0 aromatic heterocycles. The summed E-state index contributed by atoms with van der Waals surface area (Å²) >= 11 is 0. The Kier molecular flexibility index (Phi) is 5.07. The lowest BCUT2D eigenvalue weighted by atomic mass is 10.4. The number of oxime groups is 1. The van der Waals surface area contributed by atoms with Crippen LogP contribution in [0.1, 0.15) is 19.3 Å². The second kappa shape index (κ2) is 6.79. The van der Waals surface area contributed by atoms with Gasteiger partial charge in [-0.05, 0) is 24.5 Å². The Balaban J connectivity index is 1.75. The fourth-order valence-corrected chi connectivity index (χ4v) is 3.04. The van der Waals surface area contributed by atoms with Gasteiger partial charge >= 0.3 is 6.08 Å². The summed E-state index contributed by atoms with van der Waals surface area (Å²) < 4.78 is 36.6. The molecule has 3 nitrogen and oxygen atoms in total. The lowest BCUT2D eigenvalue weighted by Gasteiger charge is -2.11. The molecule has 2 rings (SSSR count). The third-order valence-electron chi connectivity index (χ3n) is 2.79. The molecule has 0 aromatic carbocycles. The van der Waals surface area contributed by atoms with Gasteiger partial charge in [0.05, 0.1) is 6.21 Å². The first kappa shape index (κ1) is 14.2. The summed E-state index contributed by atoms with van der Waals surface area (Å²) in [6.07, 6.45) is 3.03. The standard InChI is InChI=1S/C12H15F3N2OS/c13-11(12(14)15)3-4-19-8-16-5-10(19)6-17-18-7-9-1-2-9/h5-6,8-9,19H,1-4,7H2/b17-6-. The summed E-state index contributed by atoms with van der Waals surface area (Å²) in [6, 6.07) is 0. The van der Waals surface area contributed by atoms with E-state index in [9.17, 15) is 13.2 Å². The molecule has 0 aromatic rings. The van der Waals surface area contributed by atoms with Gasteiger partial charge in [0.25, 0.3) is 0 Å². The summed E-state index contributed by atoms with van der Waals surface area (Å²) in [7, 11) is -0.850. The van der Waals surface area contributed by atoms with E-state index in [1.165, 1.54) is 12.8 Å². The molecule has 0 radical (unpaired) electrons. The summed E-state index contributed by atoms with van der Waals surface area (Å²) in [5.41, 5.74) is 1.67. The summed E-state index contributed by atoms with van der Waals surface area (Å²) in [4.78, 5) is 9.89. The van der Waals surface area contributed by atoms with Gasteiger partial charge in [-0.1, -0.05) is 5.16 Å². The quantitative estimate of drug-likeness (QED) is 0.433. The Morgan fingerprint density at radius 1 is 1.47 bits per heavy atom. The van der Waals surface area contributed by atoms with Crippen LogP contribution in [0.4, 0.5) is 13.2 Å². The van der Waals surface area contributed by atoms with Gasteiger partial charge in [-0.2, -0.15) is 19.7 Å². The Hall–Kier alpha value is -1.24. The molecule has 1 fully saturated rings. The first-order valence-electron chi connectivity index (χ1n) is 6.02. The maximum Gasteiger partial charge on any atom is 0.301 e. The van der Waals surface area contributed by atoms with E-state index in [0.717, 1.165) is 4.91 Å². The number of nitrogens with zero attached hydrogens (tertiary/aromatic N) is 2. The predicted molar refractivity (Wildman–Crippen MR) is 72.6 cm³/mol. The molecular weight excluding hydrogens is 277 g/mol. The zero-order valence-corrected chi connectivity index (χ0v) is 11.1. The van der Waals surface area contributed by atoms with Crippen molar-refractivity contribution < 1.29 is 18.0 Å². The van der Waals surface area contributed by atoms with Crippen LogP contribution in [-0.4, -0.2) is 24.1 Å². The fraction of sp³-hybridized carbons (Fsp3) is 0.500. The van der Waals surface area contributed by atoms with Crippen LogP contribution in [0.2, 0.25) is 0 Å². The van der Waals surface area contributed by atoms with Crippen LogP contribution in [0.25, 0.3) is 0 Å². The molecule has 1 heterocycles. The van der Waals surface area contributed by atoms with Crippen molar-refractivity contribution >= 4 is 22.7 Å². The Morgan fingerprint density at radius 3 is 2.95 bits per heavy atom. The Labute approximate surface area is 112 Å². The van der Waals surface area contributed by atoms with Crippen molar-refractivity contribution in [1.82, 2.24) is 0 Å². The maximum absolute atomic E-state index is 12.7. The molecule has 0 N–H and O–H groups in total. The SMILES string of the molecule is FC(F)=C(F)CC[SH]1C=NC=C1/C=N\OCC1CC1. The predicted octanol–water partition coefficient (Wildman–Crippen LogP) is 3.75. The molecule has 1 saturated carbocycles. The Morgan fingerprint density at radius 2 is 2.26 bits per heavy atom. The third kappa shape index (κ3) is 4.74. The highest BCUT2D eigenvalue weighted by atomic mass is 32.2. The molecule has 1 atom stereocenters. The molecular formula is C12H15F3N2OS. The lowest BCUT2D eigenvalue weighted by Crippen LogP contribution is -1.95. The van der Waals surface area contributed by atoms with Crippen LogP contribution in [-0.2, 0) is 4.84 Å². The molecule has 1 unspecified atom stereocenters. The smallest absolute Gasteiger partial charge is 0.301 e. The molecule has 106 valence electrons. The van der Waals surface area contributed by atoms with E-state index < -0.39 is 22.8 Å². The van der Waals surface area contributed by atoms with Gasteiger partial charge in [0.1, 0.15) is 6.61 Å². The zero-order valence-electron chi connectivity index (χ0n) is 10.2. The molecule has 0 amide bonds. The van der Waals surface area contributed by atoms with E-state index in [1.54, 1.807) is 18.0 Å². The summed E-state index contributed by atoms with van der Waals surface area (Å²) in [6.45, 7) is 0.618. The molecule has 0 spiro atoms. The average molecular weight is 292 g/mol. The number of halogens is 3. The van der Waals surface area contributed by atoms with Gasteiger partial charge in [0, 0.05) is 23.1 Å². The summed E-state index contributed by atoms with van der Waals surface area (Å²) in [5.74, 6) is -0.411. The van der Waals surface area contributed by atoms with Gasteiger partial charge in [-0.25, -0.2) is 4.39 Å². The monoisotopic (exact) mass is 292 g/mol. The normalized spacial score (nSPS) is 23.7. The van der Waals surface area contributed by atoms with Crippen molar-refractivity contribution in [2.45, 2.75) is 19.3 Å². The molecule has 0 saturated heterocycles. The van der Waals surface area contributed by atoms with Gasteiger partial charge in [-0.15, -0.1) is 0 Å². The molecule has 2 aliphatic rings. The molecule has 0 bridgehead atoms. The first-order chi connectivity index (χ1) is 9.16. The highest BCUT2D eigenvalue weighted by Crippen LogP contribution is 2.37. The summed E-state index contributed by atoms with van der Waals surface area (Å²) in [5, 5.41) is 3.83. The number of allylic oxidation sites excluding steroid dienone is 2. The number of hydrogen-bond acceptors (Lipinski definition) is 3. The number of thiol groups is 1. The minimum absolute atomic E-state index is 0.270. The largest absolute Gasteiger partial charge is 0.395 e. The average Bonchev–Trinajstić information content (AvgIpc) is 3.10. The second-order valence-electron chi connectivity index (χ2n) is 4.40. The van der Waals surface area contributed by atoms with E-state index in [2.05, 4.69) is 10.1 Å². The van der Waals surface area contributed by atoms with Crippen LogP contribution in [0, 0.1) is 5.92 Å². The molecule has 1 aliphatic carbocycles. The zero-order chi connectivity index (χ0) is 13.7. The van der Waals surface area contributed by atoms with Crippen molar-refractivity contribution in [2.75, 3.05) is 12.4 Å². The van der Waals surface area contributed by atoms with E-state index in [-0.39, 0.29) is 6.42 Å². The van der Waals surface area contributed by atoms with Crippen LogP contribution >= 0.6 is 10.9 Å². The lowest BCUT2D eigenvalue weighted by molar-refractivity contribution is 0.135. The highest BCUT2D eigenvalue weighted by molar-refractivity contribution is 8.32. The van der Waals surface area contributed by atoms with Crippen LogP contribution in [0.15, 0.2) is 33.2 Å². The van der Waals surface area contributed by atoms with Crippen molar-refractivity contribution in [3.05, 3.63) is 23.0 Å². The molecule has 1 aliphatic heterocycles. The third-order valence-corrected chi connectivity index (χ3v) is 4.80. The van der Waals surface area contributed by atoms with Crippen molar-refractivity contribution in [2.24, 2.45) is 16.1 Å². The number of hydrogen-bond donors (Lipinski definition) is 1. The molecule has 7 heteroatoms. The van der Waals surface area contributed by atoms with E-state index >= 15 is 0 Å². The molecule has 19 heavy (non-hydrogen) atoms. The van der Waals surface area contributed by atoms with Gasteiger partial charge in [-0.3, -0.25) is 4.99 Å². The number of rotatable bonds is 7. The number of aliphatic imine (C=N–C) groups is 1. The highest BCUT2D eigenvalue weighted by Gasteiger charge is 2.21. The van der Waals surface area contributed by atoms with Gasteiger partial charge < -0.3 is 4.84 Å². The van der Waals surface area contributed by atoms with Crippen molar-refractivity contribution in [3.8, 4) is 0 Å². The minimum Gasteiger partial charge on any atom is -0.395 e. The Bertz CT molecular complexity index is 440. The van der Waals surface area contributed by atoms with Crippen molar-refractivity contribution in [1.29, 1.82) is 0 Å². The minimum atomic E-state index is -2.24. The first-order valence-corrected chi connectivity index (χ1v) is 7.61. The van der Waals surface area contributed by atoms with Crippen LogP contribution in [0.3, 0.4) is 0 Å².